The number of carbonyl (C=O) groups is 1. The lowest BCUT2D eigenvalue weighted by Gasteiger charge is -2.49. The predicted octanol–water partition coefficient (Wildman–Crippen LogP) is 4.18. The van der Waals surface area contributed by atoms with Gasteiger partial charge in [0.25, 0.3) is 0 Å². The number of hydrogen-bond donors (Lipinski definition) is 1. The van der Waals surface area contributed by atoms with Crippen molar-refractivity contribution in [2.45, 2.75) is 66.1 Å². The van der Waals surface area contributed by atoms with Crippen molar-refractivity contribution in [3.8, 4) is 0 Å². The maximum atomic E-state index is 12.2. The highest BCUT2D eigenvalue weighted by atomic mass is 16.5. The Morgan fingerprint density at radius 1 is 1.39 bits per heavy atom. The molecular weight excluding hydrogens is 288 g/mol. The molecular formula is C20H30O3. The molecule has 2 rings (SSSR count). The molecule has 1 N–H and O–H groups in total. The van der Waals surface area contributed by atoms with Crippen molar-refractivity contribution in [2.24, 2.45) is 17.8 Å². The summed E-state index contributed by atoms with van der Waals surface area (Å²) < 4.78 is 5.79. The molecule has 23 heavy (non-hydrogen) atoms. The fourth-order valence-corrected chi connectivity index (χ4v) is 3.92. The molecule has 0 fully saturated rings. The Hall–Kier alpha value is -1.35. The minimum Gasteiger partial charge on any atom is -0.454 e. The second-order valence-corrected chi connectivity index (χ2v) is 7.48. The van der Waals surface area contributed by atoms with E-state index in [2.05, 4.69) is 26.8 Å². The molecule has 0 aromatic rings. The van der Waals surface area contributed by atoms with Crippen molar-refractivity contribution in [3.05, 3.63) is 34.9 Å². The van der Waals surface area contributed by atoms with Crippen LogP contribution in [-0.2, 0) is 9.53 Å². The highest BCUT2D eigenvalue weighted by Gasteiger charge is 2.50. The minimum absolute atomic E-state index is 0.00459. The number of esters is 1. The Morgan fingerprint density at radius 3 is 2.61 bits per heavy atom. The van der Waals surface area contributed by atoms with Crippen LogP contribution in [0.4, 0.5) is 0 Å². The first-order valence-corrected chi connectivity index (χ1v) is 8.63. The van der Waals surface area contributed by atoms with Gasteiger partial charge in [0.15, 0.2) is 0 Å². The predicted molar refractivity (Wildman–Crippen MR) is 92.8 cm³/mol. The van der Waals surface area contributed by atoms with E-state index in [0.29, 0.717) is 11.5 Å². The lowest BCUT2D eigenvalue weighted by molar-refractivity contribution is -0.149. The molecule has 0 aliphatic heterocycles. The van der Waals surface area contributed by atoms with E-state index in [1.165, 1.54) is 5.57 Å². The SMILES string of the molecule is CC=C(C)C(=O)OC1C=C(C)C2(O)CCC(C)=CC2C1C(C)C. The van der Waals surface area contributed by atoms with E-state index in [0.717, 1.165) is 18.4 Å². The number of hydrogen-bond acceptors (Lipinski definition) is 3. The third kappa shape index (κ3) is 3.30. The molecule has 0 radical (unpaired) electrons. The van der Waals surface area contributed by atoms with Crippen molar-refractivity contribution in [1.82, 2.24) is 0 Å². The van der Waals surface area contributed by atoms with E-state index in [1.54, 1.807) is 13.0 Å². The molecule has 0 heterocycles. The van der Waals surface area contributed by atoms with Gasteiger partial charge in [-0.25, -0.2) is 4.79 Å². The zero-order chi connectivity index (χ0) is 17.4. The summed E-state index contributed by atoms with van der Waals surface area (Å²) in [4.78, 5) is 12.2. The summed E-state index contributed by atoms with van der Waals surface area (Å²) in [5.74, 6) is 0.133. The molecule has 0 saturated heterocycles. The van der Waals surface area contributed by atoms with Gasteiger partial charge in [0.05, 0.1) is 5.60 Å². The fourth-order valence-electron chi connectivity index (χ4n) is 3.92. The summed E-state index contributed by atoms with van der Waals surface area (Å²) in [6.07, 6.45) is 7.33. The average Bonchev–Trinajstić information content (AvgIpc) is 2.48. The zero-order valence-electron chi connectivity index (χ0n) is 15.2. The first-order chi connectivity index (χ1) is 10.7. The maximum Gasteiger partial charge on any atom is 0.333 e. The second-order valence-electron chi connectivity index (χ2n) is 7.48. The molecule has 0 aromatic heterocycles. The quantitative estimate of drug-likeness (QED) is 0.482. The monoisotopic (exact) mass is 318 g/mol. The lowest BCUT2D eigenvalue weighted by Crippen LogP contribution is -2.52. The van der Waals surface area contributed by atoms with Gasteiger partial charge in [0, 0.05) is 17.4 Å². The summed E-state index contributed by atoms with van der Waals surface area (Å²) in [7, 11) is 0. The molecule has 3 nitrogen and oxygen atoms in total. The van der Waals surface area contributed by atoms with Gasteiger partial charge < -0.3 is 9.84 Å². The summed E-state index contributed by atoms with van der Waals surface area (Å²) in [6.45, 7) is 12.0. The van der Waals surface area contributed by atoms with Gasteiger partial charge in [-0.3, -0.25) is 0 Å². The van der Waals surface area contributed by atoms with Crippen LogP contribution in [0.1, 0.15) is 54.4 Å². The average molecular weight is 318 g/mol. The minimum atomic E-state index is -0.799. The Morgan fingerprint density at radius 2 is 2.04 bits per heavy atom. The zero-order valence-corrected chi connectivity index (χ0v) is 15.2. The topological polar surface area (TPSA) is 46.5 Å². The molecule has 2 aliphatic rings. The number of ether oxygens (including phenoxy) is 1. The third-order valence-corrected chi connectivity index (χ3v) is 5.58. The summed E-state index contributed by atoms with van der Waals surface area (Å²) >= 11 is 0. The van der Waals surface area contributed by atoms with Crippen LogP contribution in [0.2, 0.25) is 0 Å². The first-order valence-electron chi connectivity index (χ1n) is 8.63. The van der Waals surface area contributed by atoms with Gasteiger partial charge in [-0.1, -0.05) is 31.6 Å². The van der Waals surface area contributed by atoms with Crippen LogP contribution < -0.4 is 0 Å². The molecule has 4 unspecified atom stereocenters. The highest BCUT2D eigenvalue weighted by molar-refractivity contribution is 5.87. The van der Waals surface area contributed by atoms with Crippen LogP contribution in [0.3, 0.4) is 0 Å². The second kappa shape index (κ2) is 6.64. The van der Waals surface area contributed by atoms with E-state index in [1.807, 2.05) is 19.9 Å². The molecule has 128 valence electrons. The van der Waals surface area contributed by atoms with Crippen LogP contribution in [0.25, 0.3) is 0 Å². The number of carbonyl (C=O) groups excluding carboxylic acids is 1. The normalized spacial score (nSPS) is 34.6. The van der Waals surface area contributed by atoms with Gasteiger partial charge in [-0.05, 0) is 58.1 Å². The smallest absolute Gasteiger partial charge is 0.333 e. The Labute approximate surface area is 140 Å². The van der Waals surface area contributed by atoms with E-state index < -0.39 is 5.60 Å². The van der Waals surface area contributed by atoms with E-state index in [-0.39, 0.29) is 23.9 Å². The van der Waals surface area contributed by atoms with Crippen molar-refractivity contribution in [2.75, 3.05) is 0 Å². The largest absolute Gasteiger partial charge is 0.454 e. The molecule has 2 aliphatic carbocycles. The Bertz CT molecular complexity index is 567. The van der Waals surface area contributed by atoms with E-state index in [4.69, 9.17) is 4.74 Å². The number of rotatable bonds is 3. The lowest BCUT2D eigenvalue weighted by atomic mass is 9.60. The highest BCUT2D eigenvalue weighted by Crippen LogP contribution is 2.49. The maximum absolute atomic E-state index is 12.2. The molecule has 0 aromatic carbocycles. The number of aliphatic hydroxyl groups is 1. The Balaban J connectivity index is 2.41. The van der Waals surface area contributed by atoms with E-state index in [9.17, 15) is 9.90 Å². The Kier molecular flexibility index (Phi) is 5.20. The summed E-state index contributed by atoms with van der Waals surface area (Å²) in [5, 5.41) is 11.2. The van der Waals surface area contributed by atoms with Gasteiger partial charge in [0.2, 0.25) is 0 Å². The fraction of sp³-hybridized carbons (Fsp3) is 0.650. The van der Waals surface area contributed by atoms with Gasteiger partial charge in [-0.15, -0.1) is 0 Å². The van der Waals surface area contributed by atoms with Gasteiger partial charge >= 0.3 is 5.97 Å². The van der Waals surface area contributed by atoms with Gasteiger partial charge in [0.1, 0.15) is 6.10 Å². The summed E-state index contributed by atoms with van der Waals surface area (Å²) in [6, 6.07) is 0. The molecule has 0 amide bonds. The van der Waals surface area contributed by atoms with Crippen LogP contribution in [0, 0.1) is 17.8 Å². The van der Waals surface area contributed by atoms with E-state index >= 15 is 0 Å². The van der Waals surface area contributed by atoms with Crippen molar-refractivity contribution >= 4 is 5.97 Å². The van der Waals surface area contributed by atoms with Crippen molar-refractivity contribution in [1.29, 1.82) is 0 Å². The molecule has 0 spiro atoms. The molecule has 3 heteroatoms. The molecule has 0 bridgehead atoms. The molecule has 4 atom stereocenters. The molecule has 0 saturated carbocycles. The standard InChI is InChI=1S/C20H30O3/c1-7-14(5)19(21)23-17-11-15(6)20(22)9-8-13(4)10-16(20)18(17)12(2)3/h7,10-12,16-18,22H,8-9H2,1-6H3. The van der Waals surface area contributed by atoms with Crippen LogP contribution in [0.15, 0.2) is 34.9 Å². The van der Waals surface area contributed by atoms with Crippen LogP contribution in [0.5, 0.6) is 0 Å². The number of allylic oxidation sites excluding steroid dienone is 2. The van der Waals surface area contributed by atoms with Crippen molar-refractivity contribution < 1.29 is 14.6 Å². The third-order valence-electron chi connectivity index (χ3n) is 5.58. The summed E-state index contributed by atoms with van der Waals surface area (Å²) in [5.41, 5.74) is 2.07. The number of fused-ring (bicyclic) bond motifs is 1. The van der Waals surface area contributed by atoms with Crippen molar-refractivity contribution in [3.63, 3.8) is 0 Å². The van der Waals surface area contributed by atoms with Crippen LogP contribution in [-0.4, -0.2) is 22.8 Å². The first kappa shape index (κ1) is 18.0. The van der Waals surface area contributed by atoms with Gasteiger partial charge in [-0.2, -0.15) is 0 Å². The van der Waals surface area contributed by atoms with Crippen LogP contribution >= 0.6 is 0 Å².